The van der Waals surface area contributed by atoms with Gasteiger partial charge in [-0.15, -0.1) is 0 Å². The molecule has 0 amide bonds. The first-order chi connectivity index (χ1) is 12.6. The van der Waals surface area contributed by atoms with Crippen molar-refractivity contribution < 1.29 is 4.52 Å². The lowest BCUT2D eigenvalue weighted by atomic mass is 10.1. The summed E-state index contributed by atoms with van der Waals surface area (Å²) in [6, 6.07) is 13.0. The molecule has 1 heterocycles. The van der Waals surface area contributed by atoms with Gasteiger partial charge in [0, 0.05) is 32.2 Å². The first-order valence-electron chi connectivity index (χ1n) is 9.25. The zero-order valence-corrected chi connectivity index (χ0v) is 16.3. The van der Waals surface area contributed by atoms with Crippen LogP contribution < -0.4 is 10.6 Å². The van der Waals surface area contributed by atoms with Gasteiger partial charge in [0.2, 0.25) is 0 Å². The lowest BCUT2D eigenvalue weighted by Crippen LogP contribution is -2.39. The van der Waals surface area contributed by atoms with Crippen LogP contribution in [0.15, 0.2) is 45.9 Å². The Bertz CT molecular complexity index is 668. The minimum Gasteiger partial charge on any atom is -0.359 e. The summed E-state index contributed by atoms with van der Waals surface area (Å²) in [4.78, 5) is 6.63. The maximum Gasteiger partial charge on any atom is 0.191 e. The molecule has 0 spiro atoms. The van der Waals surface area contributed by atoms with Gasteiger partial charge in [-0.3, -0.25) is 9.89 Å². The van der Waals surface area contributed by atoms with Gasteiger partial charge >= 0.3 is 0 Å². The Morgan fingerprint density at radius 3 is 2.69 bits per heavy atom. The largest absolute Gasteiger partial charge is 0.359 e. The van der Waals surface area contributed by atoms with E-state index in [1.165, 1.54) is 5.56 Å². The average molecular weight is 358 g/mol. The zero-order valence-electron chi connectivity index (χ0n) is 16.3. The highest BCUT2D eigenvalue weighted by Crippen LogP contribution is 2.08. The first-order valence-corrected chi connectivity index (χ1v) is 9.25. The normalized spacial score (nSPS) is 13.0. The van der Waals surface area contributed by atoms with Crippen molar-refractivity contribution in [3.8, 4) is 0 Å². The first kappa shape index (κ1) is 20.0. The molecule has 0 saturated heterocycles. The number of guanidine groups is 1. The van der Waals surface area contributed by atoms with Gasteiger partial charge in [-0.05, 0) is 32.4 Å². The molecule has 6 nitrogen and oxygen atoms in total. The van der Waals surface area contributed by atoms with Crippen LogP contribution >= 0.6 is 0 Å². The minimum absolute atomic E-state index is 0.474. The van der Waals surface area contributed by atoms with E-state index in [1.807, 2.05) is 6.07 Å². The van der Waals surface area contributed by atoms with E-state index in [2.05, 4.69) is 76.9 Å². The Labute approximate surface area is 156 Å². The van der Waals surface area contributed by atoms with Crippen molar-refractivity contribution in [3.63, 3.8) is 0 Å². The third kappa shape index (κ3) is 6.52. The van der Waals surface area contributed by atoms with Crippen LogP contribution in [0.4, 0.5) is 0 Å². The highest BCUT2D eigenvalue weighted by atomic mass is 16.5. The van der Waals surface area contributed by atoms with Crippen molar-refractivity contribution in [3.05, 3.63) is 53.4 Å². The number of nitrogens with one attached hydrogen (secondary N) is 2. The molecule has 2 N–H and O–H groups in total. The Balaban J connectivity index is 1.69. The third-order valence-corrected chi connectivity index (χ3v) is 4.51. The molecule has 142 valence electrons. The van der Waals surface area contributed by atoms with Gasteiger partial charge in [0.15, 0.2) is 11.7 Å². The van der Waals surface area contributed by atoms with E-state index in [9.17, 15) is 0 Å². The Morgan fingerprint density at radius 1 is 1.27 bits per heavy atom. The number of aliphatic imine (C=N–C) groups is 1. The number of hydrogen-bond acceptors (Lipinski definition) is 4. The molecule has 0 aliphatic rings. The SMILES string of the molecule is CCc1cc(CNC(=NC)NCCC(C)N(C)Cc2ccccc2)on1. The molecule has 0 saturated carbocycles. The second kappa shape index (κ2) is 10.6. The molecule has 1 atom stereocenters. The third-order valence-electron chi connectivity index (χ3n) is 4.51. The molecular weight excluding hydrogens is 326 g/mol. The Morgan fingerprint density at radius 2 is 2.04 bits per heavy atom. The minimum atomic E-state index is 0.474. The molecule has 1 aromatic carbocycles. The fourth-order valence-corrected chi connectivity index (χ4v) is 2.64. The molecule has 6 heteroatoms. The lowest BCUT2D eigenvalue weighted by molar-refractivity contribution is 0.238. The predicted molar refractivity (Wildman–Crippen MR) is 106 cm³/mol. The summed E-state index contributed by atoms with van der Waals surface area (Å²) in [5.41, 5.74) is 2.31. The maximum atomic E-state index is 5.28. The molecule has 0 bridgehead atoms. The molecule has 0 fully saturated rings. The smallest absolute Gasteiger partial charge is 0.191 e. The number of nitrogens with zero attached hydrogens (tertiary/aromatic N) is 3. The summed E-state index contributed by atoms with van der Waals surface area (Å²) < 4.78 is 5.28. The van der Waals surface area contributed by atoms with Crippen LogP contribution in [0.2, 0.25) is 0 Å². The number of benzene rings is 1. The number of aryl methyl sites for hydroxylation is 1. The van der Waals surface area contributed by atoms with Crippen molar-refractivity contribution in [2.75, 3.05) is 20.6 Å². The standard InChI is InChI=1S/C20H31N5O/c1-5-18-13-19(26-24-18)14-23-20(21-3)22-12-11-16(2)25(4)15-17-9-7-6-8-10-17/h6-10,13,16H,5,11-12,14-15H2,1-4H3,(H2,21,22,23). The lowest BCUT2D eigenvalue weighted by Gasteiger charge is -2.25. The highest BCUT2D eigenvalue weighted by Gasteiger charge is 2.10. The Hall–Kier alpha value is -2.34. The topological polar surface area (TPSA) is 65.7 Å². The zero-order chi connectivity index (χ0) is 18.8. The van der Waals surface area contributed by atoms with E-state index < -0.39 is 0 Å². The van der Waals surface area contributed by atoms with E-state index in [1.54, 1.807) is 7.05 Å². The Kier molecular flexibility index (Phi) is 8.15. The summed E-state index contributed by atoms with van der Waals surface area (Å²) in [7, 11) is 3.94. The van der Waals surface area contributed by atoms with Gasteiger partial charge in [-0.1, -0.05) is 42.4 Å². The average Bonchev–Trinajstić information content (AvgIpc) is 3.13. The predicted octanol–water partition coefficient (Wildman–Crippen LogP) is 2.81. The van der Waals surface area contributed by atoms with Crippen molar-refractivity contribution in [1.29, 1.82) is 0 Å². The van der Waals surface area contributed by atoms with Crippen LogP contribution in [0.5, 0.6) is 0 Å². The molecule has 2 rings (SSSR count). The summed E-state index contributed by atoms with van der Waals surface area (Å²) in [6.07, 6.45) is 1.91. The summed E-state index contributed by atoms with van der Waals surface area (Å²) in [5.74, 6) is 1.60. The summed E-state index contributed by atoms with van der Waals surface area (Å²) >= 11 is 0. The monoisotopic (exact) mass is 357 g/mol. The summed E-state index contributed by atoms with van der Waals surface area (Å²) in [6.45, 7) is 6.71. The number of hydrogen-bond donors (Lipinski definition) is 2. The molecule has 0 radical (unpaired) electrons. The van der Waals surface area contributed by atoms with Gasteiger partial charge in [0.25, 0.3) is 0 Å². The van der Waals surface area contributed by atoms with E-state index in [0.29, 0.717) is 12.6 Å². The molecule has 1 aromatic heterocycles. The van der Waals surface area contributed by atoms with Crippen molar-refractivity contribution in [2.24, 2.45) is 4.99 Å². The van der Waals surface area contributed by atoms with Gasteiger partial charge in [-0.2, -0.15) is 0 Å². The highest BCUT2D eigenvalue weighted by molar-refractivity contribution is 5.79. The molecule has 0 aliphatic carbocycles. The molecule has 2 aromatic rings. The molecule has 0 aliphatic heterocycles. The van der Waals surface area contributed by atoms with E-state index in [4.69, 9.17) is 4.52 Å². The van der Waals surface area contributed by atoms with Crippen molar-refractivity contribution in [1.82, 2.24) is 20.7 Å². The number of aromatic nitrogens is 1. The molecular formula is C20H31N5O. The van der Waals surface area contributed by atoms with Crippen LogP contribution in [0.1, 0.15) is 37.3 Å². The fourth-order valence-electron chi connectivity index (χ4n) is 2.64. The quantitative estimate of drug-likeness (QED) is 0.534. The van der Waals surface area contributed by atoms with E-state index >= 15 is 0 Å². The molecule has 26 heavy (non-hydrogen) atoms. The number of rotatable bonds is 9. The van der Waals surface area contributed by atoms with E-state index in [-0.39, 0.29) is 0 Å². The van der Waals surface area contributed by atoms with Gasteiger partial charge in [-0.25, -0.2) is 0 Å². The second-order valence-electron chi connectivity index (χ2n) is 6.53. The van der Waals surface area contributed by atoms with Crippen LogP contribution in [-0.2, 0) is 19.5 Å². The van der Waals surface area contributed by atoms with Crippen LogP contribution in [0, 0.1) is 0 Å². The van der Waals surface area contributed by atoms with Crippen molar-refractivity contribution >= 4 is 5.96 Å². The van der Waals surface area contributed by atoms with Crippen LogP contribution in [-0.4, -0.2) is 42.7 Å². The van der Waals surface area contributed by atoms with Gasteiger partial charge in [0.1, 0.15) is 0 Å². The second-order valence-corrected chi connectivity index (χ2v) is 6.53. The molecule has 1 unspecified atom stereocenters. The maximum absolute atomic E-state index is 5.28. The van der Waals surface area contributed by atoms with Crippen LogP contribution in [0.25, 0.3) is 0 Å². The van der Waals surface area contributed by atoms with Crippen molar-refractivity contribution in [2.45, 2.75) is 45.8 Å². The van der Waals surface area contributed by atoms with Gasteiger partial charge in [0.05, 0.1) is 12.2 Å². The van der Waals surface area contributed by atoms with E-state index in [0.717, 1.165) is 43.3 Å². The van der Waals surface area contributed by atoms with Crippen LogP contribution in [0.3, 0.4) is 0 Å². The summed E-state index contributed by atoms with van der Waals surface area (Å²) in [5, 5.41) is 10.6. The van der Waals surface area contributed by atoms with Gasteiger partial charge < -0.3 is 15.2 Å². The fraction of sp³-hybridized carbons (Fsp3) is 0.500.